The first kappa shape index (κ1) is 10.6. The van der Waals surface area contributed by atoms with Crippen molar-refractivity contribution in [1.29, 1.82) is 0 Å². The fraction of sp³-hybridized carbons (Fsp3) is 0.462. The number of rotatable bonds is 1. The van der Waals surface area contributed by atoms with Crippen molar-refractivity contribution < 1.29 is 4.79 Å². The third kappa shape index (κ3) is 1.44. The van der Waals surface area contributed by atoms with E-state index in [-0.39, 0.29) is 11.6 Å². The van der Waals surface area contributed by atoms with Gasteiger partial charge in [-0.3, -0.25) is 4.79 Å². The smallest absolute Gasteiger partial charge is 0.255 e. The molecule has 0 aromatic heterocycles. The first-order valence-electron chi connectivity index (χ1n) is 6.17. The van der Waals surface area contributed by atoms with Crippen LogP contribution in [-0.2, 0) is 0 Å². The summed E-state index contributed by atoms with van der Waals surface area (Å²) in [5.41, 5.74) is 1.62. The fourth-order valence-electron chi connectivity index (χ4n) is 2.97. The van der Waals surface area contributed by atoms with Crippen LogP contribution in [0.25, 0.3) is 0 Å². The highest BCUT2D eigenvalue weighted by Gasteiger charge is 2.44. The van der Waals surface area contributed by atoms with E-state index in [1.54, 1.807) is 0 Å². The second-order valence-electron chi connectivity index (χ2n) is 4.67. The molecule has 17 heavy (non-hydrogen) atoms. The lowest BCUT2D eigenvalue weighted by Crippen LogP contribution is -2.65. The minimum atomic E-state index is -0.222. The molecule has 1 saturated heterocycles. The van der Waals surface area contributed by atoms with Crippen LogP contribution >= 0.6 is 0 Å². The van der Waals surface area contributed by atoms with Crippen molar-refractivity contribution in [2.45, 2.75) is 19.0 Å². The molecule has 1 aromatic rings. The lowest BCUT2D eigenvalue weighted by Gasteiger charge is -2.46. The molecule has 0 bridgehead atoms. The third-order valence-electron chi connectivity index (χ3n) is 3.75. The minimum Gasteiger partial charge on any atom is -0.347 e. The van der Waals surface area contributed by atoms with Crippen molar-refractivity contribution in [3.8, 4) is 0 Å². The lowest BCUT2D eigenvalue weighted by molar-refractivity contribution is 0.0889. The van der Waals surface area contributed by atoms with Gasteiger partial charge in [0.15, 0.2) is 0 Å². The molecule has 0 unspecified atom stereocenters. The van der Waals surface area contributed by atoms with Gasteiger partial charge >= 0.3 is 0 Å². The quantitative estimate of drug-likeness (QED) is 0.756. The molecule has 4 nitrogen and oxygen atoms in total. The van der Waals surface area contributed by atoms with E-state index >= 15 is 0 Å². The second kappa shape index (κ2) is 3.74. The Kier molecular flexibility index (Phi) is 2.33. The molecular weight excluding hydrogens is 214 g/mol. The van der Waals surface area contributed by atoms with Gasteiger partial charge in [0.2, 0.25) is 0 Å². The first-order valence-corrected chi connectivity index (χ1v) is 6.17. The van der Waals surface area contributed by atoms with Gasteiger partial charge in [0.1, 0.15) is 5.66 Å². The maximum Gasteiger partial charge on any atom is 0.255 e. The number of para-hydroxylation sites is 1. The van der Waals surface area contributed by atoms with Gasteiger partial charge in [-0.15, -0.1) is 0 Å². The van der Waals surface area contributed by atoms with Crippen LogP contribution in [0.2, 0.25) is 0 Å². The maximum atomic E-state index is 12.1. The molecule has 0 saturated carbocycles. The number of hydrogen-bond acceptors (Lipinski definition) is 3. The number of carbonyl (C=O) groups is 1. The van der Waals surface area contributed by atoms with Crippen LogP contribution in [0.4, 0.5) is 5.69 Å². The molecule has 2 aliphatic heterocycles. The van der Waals surface area contributed by atoms with Crippen molar-refractivity contribution >= 4 is 11.6 Å². The Morgan fingerprint density at radius 3 is 2.94 bits per heavy atom. The van der Waals surface area contributed by atoms with E-state index in [9.17, 15) is 4.79 Å². The Hall–Kier alpha value is -1.55. The van der Waals surface area contributed by atoms with Crippen LogP contribution in [0.15, 0.2) is 24.3 Å². The fourth-order valence-corrected chi connectivity index (χ4v) is 2.97. The van der Waals surface area contributed by atoms with Gasteiger partial charge in [0, 0.05) is 19.5 Å². The van der Waals surface area contributed by atoms with Crippen molar-refractivity contribution in [1.82, 2.24) is 10.6 Å². The summed E-state index contributed by atoms with van der Waals surface area (Å²) in [4.78, 5) is 14.5. The number of anilines is 1. The average Bonchev–Trinajstić information content (AvgIpc) is 2.79. The minimum absolute atomic E-state index is 0.0500. The topological polar surface area (TPSA) is 44.4 Å². The molecule has 2 heterocycles. The van der Waals surface area contributed by atoms with Crippen molar-refractivity contribution in [2.75, 3.05) is 24.5 Å². The van der Waals surface area contributed by atoms with Crippen LogP contribution in [0.5, 0.6) is 0 Å². The zero-order valence-corrected chi connectivity index (χ0v) is 9.99. The van der Waals surface area contributed by atoms with E-state index in [1.807, 2.05) is 24.3 Å². The Morgan fingerprint density at radius 2 is 2.24 bits per heavy atom. The number of amides is 1. The van der Waals surface area contributed by atoms with Crippen molar-refractivity contribution in [3.05, 3.63) is 29.8 Å². The van der Waals surface area contributed by atoms with Crippen LogP contribution in [0, 0.1) is 0 Å². The van der Waals surface area contributed by atoms with Gasteiger partial charge in [-0.1, -0.05) is 12.1 Å². The zero-order chi connectivity index (χ0) is 11.9. The van der Waals surface area contributed by atoms with Crippen molar-refractivity contribution in [2.24, 2.45) is 0 Å². The van der Waals surface area contributed by atoms with E-state index in [0.29, 0.717) is 0 Å². The molecule has 1 amide bonds. The van der Waals surface area contributed by atoms with Crippen LogP contribution in [0.3, 0.4) is 0 Å². The molecule has 4 heteroatoms. The van der Waals surface area contributed by atoms with Gasteiger partial charge in [0.25, 0.3) is 5.91 Å². The summed E-state index contributed by atoms with van der Waals surface area (Å²) in [5, 5.41) is 6.52. The first-order chi connectivity index (χ1) is 8.27. The molecule has 0 radical (unpaired) electrons. The number of nitrogens with zero attached hydrogens (tertiary/aromatic N) is 1. The Labute approximate surface area is 101 Å². The zero-order valence-electron chi connectivity index (χ0n) is 9.99. The summed E-state index contributed by atoms with van der Waals surface area (Å²) in [6.45, 7) is 4.81. The Bertz CT molecular complexity index is 452. The molecule has 1 aromatic carbocycles. The van der Waals surface area contributed by atoms with E-state index in [2.05, 4.69) is 22.5 Å². The molecule has 3 rings (SSSR count). The molecule has 2 aliphatic rings. The van der Waals surface area contributed by atoms with Crippen LogP contribution < -0.4 is 15.5 Å². The van der Waals surface area contributed by atoms with Crippen LogP contribution in [0.1, 0.15) is 23.7 Å². The molecule has 90 valence electrons. The number of benzene rings is 1. The molecule has 0 aliphatic carbocycles. The highest BCUT2D eigenvalue weighted by molar-refractivity contribution is 6.02. The summed E-state index contributed by atoms with van der Waals surface area (Å²) in [5.74, 6) is 0.0500. The van der Waals surface area contributed by atoms with Gasteiger partial charge < -0.3 is 15.5 Å². The van der Waals surface area contributed by atoms with E-state index < -0.39 is 0 Å². The van der Waals surface area contributed by atoms with E-state index in [1.165, 1.54) is 0 Å². The SMILES string of the molecule is CCN1c2ccccc2C(=O)N[C@]12CCNC2. The van der Waals surface area contributed by atoms with E-state index in [0.717, 1.165) is 37.3 Å². The highest BCUT2D eigenvalue weighted by Crippen LogP contribution is 2.34. The summed E-state index contributed by atoms with van der Waals surface area (Å²) in [6, 6.07) is 7.84. The molecule has 1 spiro atoms. The third-order valence-corrected chi connectivity index (χ3v) is 3.75. The van der Waals surface area contributed by atoms with Gasteiger partial charge in [-0.05, 0) is 25.6 Å². The monoisotopic (exact) mass is 231 g/mol. The summed E-state index contributed by atoms with van der Waals surface area (Å²) < 4.78 is 0. The number of carbonyl (C=O) groups excluding carboxylic acids is 1. The largest absolute Gasteiger partial charge is 0.347 e. The molecular formula is C13H17N3O. The number of hydrogen-bond donors (Lipinski definition) is 2. The second-order valence-corrected chi connectivity index (χ2v) is 4.67. The van der Waals surface area contributed by atoms with E-state index in [4.69, 9.17) is 0 Å². The average molecular weight is 231 g/mol. The summed E-state index contributed by atoms with van der Waals surface area (Å²) in [7, 11) is 0. The van der Waals surface area contributed by atoms with Gasteiger partial charge in [-0.2, -0.15) is 0 Å². The molecule has 1 atom stereocenters. The summed E-state index contributed by atoms with van der Waals surface area (Å²) >= 11 is 0. The van der Waals surface area contributed by atoms with Crippen molar-refractivity contribution in [3.63, 3.8) is 0 Å². The number of nitrogens with one attached hydrogen (secondary N) is 2. The predicted octanol–water partition coefficient (Wildman–Crippen LogP) is 0.946. The molecule has 2 N–H and O–H groups in total. The predicted molar refractivity (Wildman–Crippen MR) is 67.1 cm³/mol. The van der Waals surface area contributed by atoms with Gasteiger partial charge in [-0.25, -0.2) is 0 Å². The molecule has 1 fully saturated rings. The highest BCUT2D eigenvalue weighted by atomic mass is 16.2. The standard InChI is InChI=1S/C13H17N3O/c1-2-16-11-6-4-3-5-10(11)12(17)15-13(16)7-8-14-9-13/h3-6,14H,2,7-9H2,1H3,(H,15,17)/t13-/m1/s1. The van der Waals surface area contributed by atoms with Gasteiger partial charge in [0.05, 0.1) is 11.3 Å². The Morgan fingerprint density at radius 1 is 1.41 bits per heavy atom. The maximum absolute atomic E-state index is 12.1. The van der Waals surface area contributed by atoms with Crippen LogP contribution in [-0.4, -0.2) is 31.2 Å². The lowest BCUT2D eigenvalue weighted by atomic mass is 9.98. The normalized spacial score (nSPS) is 27.1. The number of fused-ring (bicyclic) bond motifs is 1. The number of likely N-dealkylation sites (N-methyl/N-ethyl adjacent to an activating group) is 1. The summed E-state index contributed by atoms with van der Waals surface area (Å²) in [6.07, 6.45) is 0.959. The Balaban J connectivity index is 2.11.